The molecule has 0 saturated heterocycles. The average molecular weight is 202 g/mol. The van der Waals surface area contributed by atoms with Gasteiger partial charge in [0.2, 0.25) is 0 Å². The Morgan fingerprint density at radius 3 is 2.43 bits per heavy atom. The second kappa shape index (κ2) is 7.08. The number of hydrogen-bond acceptors (Lipinski definition) is 5. The van der Waals surface area contributed by atoms with E-state index in [4.69, 9.17) is 5.11 Å². The van der Waals surface area contributed by atoms with Gasteiger partial charge in [-0.05, 0) is 6.42 Å². The molecule has 1 unspecified atom stereocenters. The average Bonchev–Trinajstić information content (AvgIpc) is 2.22. The van der Waals surface area contributed by atoms with E-state index in [1.165, 1.54) is 7.11 Å². The molecule has 5 nitrogen and oxygen atoms in total. The maximum atomic E-state index is 10.9. The molecule has 80 valence electrons. The number of aliphatic hydroxyl groups is 1. The van der Waals surface area contributed by atoms with Crippen molar-refractivity contribution < 1.29 is 24.2 Å². The number of esters is 2. The first-order valence-electron chi connectivity index (χ1n) is 4.21. The Hall–Kier alpha value is -1.36. The quantitative estimate of drug-likeness (QED) is 0.503. The summed E-state index contributed by atoms with van der Waals surface area (Å²) >= 11 is 0. The Balaban J connectivity index is 3.76. The van der Waals surface area contributed by atoms with E-state index in [0.29, 0.717) is 6.42 Å². The van der Waals surface area contributed by atoms with Crippen molar-refractivity contribution >= 4 is 11.9 Å². The van der Waals surface area contributed by atoms with E-state index < -0.39 is 18.0 Å². The summed E-state index contributed by atoms with van der Waals surface area (Å²) in [5.41, 5.74) is 0. The standard InChI is InChI=1S/C9H14O5/c1-3-7(10)6-14-9(12)5-4-8(11)13-2/h4-5,7,10H,3,6H2,1-2H3/b5-4+. The van der Waals surface area contributed by atoms with E-state index in [9.17, 15) is 9.59 Å². The van der Waals surface area contributed by atoms with Gasteiger partial charge >= 0.3 is 11.9 Å². The van der Waals surface area contributed by atoms with Gasteiger partial charge in [0.25, 0.3) is 0 Å². The van der Waals surface area contributed by atoms with Crippen molar-refractivity contribution in [2.45, 2.75) is 19.4 Å². The molecule has 0 aromatic heterocycles. The molecule has 0 amide bonds. The lowest BCUT2D eigenvalue weighted by Gasteiger charge is -2.06. The lowest BCUT2D eigenvalue weighted by molar-refractivity contribution is -0.141. The topological polar surface area (TPSA) is 72.8 Å². The van der Waals surface area contributed by atoms with E-state index in [-0.39, 0.29) is 6.61 Å². The van der Waals surface area contributed by atoms with Gasteiger partial charge in [-0.2, -0.15) is 0 Å². The zero-order chi connectivity index (χ0) is 11.0. The molecular formula is C9H14O5. The van der Waals surface area contributed by atoms with Gasteiger partial charge in [-0.1, -0.05) is 6.92 Å². The first kappa shape index (κ1) is 12.6. The third-order valence-electron chi connectivity index (χ3n) is 1.45. The number of hydrogen-bond donors (Lipinski definition) is 1. The SMILES string of the molecule is CCC(O)COC(=O)/C=C/C(=O)OC. The maximum absolute atomic E-state index is 10.9. The third-order valence-corrected chi connectivity index (χ3v) is 1.45. The molecule has 14 heavy (non-hydrogen) atoms. The van der Waals surface area contributed by atoms with Crippen LogP contribution in [-0.2, 0) is 19.1 Å². The Morgan fingerprint density at radius 1 is 1.36 bits per heavy atom. The van der Waals surface area contributed by atoms with Gasteiger partial charge in [-0.3, -0.25) is 0 Å². The van der Waals surface area contributed by atoms with Crippen LogP contribution in [0.5, 0.6) is 0 Å². The zero-order valence-corrected chi connectivity index (χ0v) is 8.23. The fraction of sp³-hybridized carbons (Fsp3) is 0.556. The molecule has 0 fully saturated rings. The molecular weight excluding hydrogens is 188 g/mol. The predicted octanol–water partition coefficient (Wildman–Crippen LogP) is 0.0297. The summed E-state index contributed by atoms with van der Waals surface area (Å²) < 4.78 is 8.87. The van der Waals surface area contributed by atoms with Crippen molar-refractivity contribution in [2.24, 2.45) is 0 Å². The molecule has 0 aliphatic heterocycles. The van der Waals surface area contributed by atoms with E-state index in [0.717, 1.165) is 12.2 Å². The van der Waals surface area contributed by atoms with Crippen LogP contribution in [0.2, 0.25) is 0 Å². The minimum Gasteiger partial charge on any atom is -0.466 e. The van der Waals surface area contributed by atoms with Crippen LogP contribution in [0, 0.1) is 0 Å². The molecule has 0 spiro atoms. The van der Waals surface area contributed by atoms with Crippen molar-refractivity contribution in [1.29, 1.82) is 0 Å². The normalized spacial score (nSPS) is 12.5. The number of ether oxygens (including phenoxy) is 2. The summed E-state index contributed by atoms with van der Waals surface area (Å²) in [7, 11) is 1.21. The minimum absolute atomic E-state index is 0.0686. The van der Waals surface area contributed by atoms with Crippen LogP contribution >= 0.6 is 0 Å². The first-order valence-corrected chi connectivity index (χ1v) is 4.21. The number of rotatable bonds is 5. The maximum Gasteiger partial charge on any atom is 0.331 e. The minimum atomic E-state index is -0.678. The summed E-state index contributed by atoms with van der Waals surface area (Å²) in [6, 6.07) is 0. The van der Waals surface area contributed by atoms with Crippen molar-refractivity contribution in [2.75, 3.05) is 13.7 Å². The highest BCUT2D eigenvalue weighted by molar-refractivity contribution is 5.91. The summed E-state index contributed by atoms with van der Waals surface area (Å²) in [4.78, 5) is 21.4. The molecule has 0 heterocycles. The number of aliphatic hydroxyl groups excluding tert-OH is 1. The summed E-state index contributed by atoms with van der Waals surface area (Å²) in [6.07, 6.45) is 1.76. The van der Waals surface area contributed by atoms with Crippen molar-refractivity contribution in [3.8, 4) is 0 Å². The second-order valence-electron chi connectivity index (χ2n) is 2.55. The molecule has 0 aliphatic rings. The third kappa shape index (κ3) is 6.19. The van der Waals surface area contributed by atoms with Gasteiger partial charge in [-0.15, -0.1) is 0 Å². The van der Waals surface area contributed by atoms with Gasteiger partial charge in [-0.25, -0.2) is 9.59 Å². The zero-order valence-electron chi connectivity index (χ0n) is 8.23. The number of carbonyl (C=O) groups is 2. The highest BCUT2D eigenvalue weighted by Gasteiger charge is 2.04. The fourth-order valence-corrected chi connectivity index (χ4v) is 0.548. The number of carbonyl (C=O) groups excluding carboxylic acids is 2. The fourth-order valence-electron chi connectivity index (χ4n) is 0.548. The van der Waals surface area contributed by atoms with E-state index in [2.05, 4.69) is 9.47 Å². The highest BCUT2D eigenvalue weighted by atomic mass is 16.5. The Bertz CT molecular complexity index is 221. The van der Waals surface area contributed by atoms with Crippen LogP contribution in [0.15, 0.2) is 12.2 Å². The van der Waals surface area contributed by atoms with Crippen molar-refractivity contribution in [1.82, 2.24) is 0 Å². The molecule has 1 atom stereocenters. The summed E-state index contributed by atoms with van der Waals surface area (Å²) in [6.45, 7) is 1.70. The molecule has 0 rings (SSSR count). The van der Waals surface area contributed by atoms with Crippen LogP contribution in [0.1, 0.15) is 13.3 Å². The van der Waals surface area contributed by atoms with Gasteiger partial charge in [0.1, 0.15) is 6.61 Å². The molecule has 5 heteroatoms. The molecule has 0 bridgehead atoms. The van der Waals surface area contributed by atoms with Gasteiger partial charge in [0.05, 0.1) is 13.2 Å². The Kier molecular flexibility index (Phi) is 6.39. The van der Waals surface area contributed by atoms with Crippen LogP contribution in [0.4, 0.5) is 0 Å². The Labute approximate surface area is 82.3 Å². The smallest absolute Gasteiger partial charge is 0.331 e. The van der Waals surface area contributed by atoms with E-state index >= 15 is 0 Å². The molecule has 0 saturated carbocycles. The molecule has 0 aromatic carbocycles. The first-order chi connectivity index (χ1) is 6.60. The largest absolute Gasteiger partial charge is 0.466 e. The molecule has 1 N–H and O–H groups in total. The number of methoxy groups -OCH3 is 1. The van der Waals surface area contributed by atoms with Crippen LogP contribution < -0.4 is 0 Å². The van der Waals surface area contributed by atoms with Crippen molar-refractivity contribution in [3.63, 3.8) is 0 Å². The van der Waals surface area contributed by atoms with Crippen molar-refractivity contribution in [3.05, 3.63) is 12.2 Å². The van der Waals surface area contributed by atoms with Gasteiger partial charge in [0.15, 0.2) is 0 Å². The van der Waals surface area contributed by atoms with Gasteiger partial charge < -0.3 is 14.6 Å². The lowest BCUT2D eigenvalue weighted by Crippen LogP contribution is -2.16. The summed E-state index contributed by atoms with van der Waals surface area (Å²) in [5, 5.41) is 9.04. The molecule has 0 aromatic rings. The van der Waals surface area contributed by atoms with Crippen LogP contribution in [0.25, 0.3) is 0 Å². The summed E-state index contributed by atoms with van der Waals surface area (Å²) in [5.74, 6) is -1.30. The second-order valence-corrected chi connectivity index (χ2v) is 2.55. The molecule has 0 aliphatic carbocycles. The van der Waals surface area contributed by atoms with Crippen LogP contribution in [0.3, 0.4) is 0 Å². The monoisotopic (exact) mass is 202 g/mol. The highest BCUT2D eigenvalue weighted by Crippen LogP contribution is 1.92. The predicted molar refractivity (Wildman–Crippen MR) is 48.4 cm³/mol. The van der Waals surface area contributed by atoms with Gasteiger partial charge in [0, 0.05) is 12.2 Å². The van der Waals surface area contributed by atoms with Crippen LogP contribution in [-0.4, -0.2) is 36.9 Å². The van der Waals surface area contributed by atoms with E-state index in [1.54, 1.807) is 6.92 Å². The molecule has 0 radical (unpaired) electrons. The van der Waals surface area contributed by atoms with E-state index in [1.807, 2.05) is 0 Å². The Morgan fingerprint density at radius 2 is 1.93 bits per heavy atom. The lowest BCUT2D eigenvalue weighted by atomic mass is 10.3.